The van der Waals surface area contributed by atoms with Crippen LogP contribution in [0, 0.1) is 0 Å². The van der Waals surface area contributed by atoms with E-state index in [-0.39, 0.29) is 6.04 Å². The van der Waals surface area contributed by atoms with Gasteiger partial charge in [-0.1, -0.05) is 34.1 Å². The Morgan fingerprint density at radius 2 is 1.75 bits per heavy atom. The van der Waals surface area contributed by atoms with Crippen molar-refractivity contribution in [1.82, 2.24) is 0 Å². The Kier molecular flexibility index (Phi) is 5.04. The van der Waals surface area contributed by atoms with Crippen LogP contribution in [-0.4, -0.2) is 7.11 Å². The molecule has 0 heterocycles. The zero-order valence-electron chi connectivity index (χ0n) is 11.6. The molecule has 0 aliphatic rings. The Bertz CT molecular complexity index is 567. The van der Waals surface area contributed by atoms with E-state index in [0.717, 1.165) is 27.1 Å². The lowest BCUT2D eigenvalue weighted by molar-refractivity contribution is 0.305. The van der Waals surface area contributed by atoms with Gasteiger partial charge in [0.05, 0.1) is 7.11 Å². The summed E-state index contributed by atoms with van der Waals surface area (Å²) in [6.07, 6.45) is 0. The largest absolute Gasteiger partial charge is 0.497 e. The van der Waals surface area contributed by atoms with Crippen molar-refractivity contribution in [2.75, 3.05) is 7.11 Å². The summed E-state index contributed by atoms with van der Waals surface area (Å²) in [5.41, 5.74) is 8.04. The van der Waals surface area contributed by atoms with Gasteiger partial charge in [0.15, 0.2) is 0 Å². The number of ether oxygens (including phenoxy) is 2. The number of methoxy groups -OCH3 is 1. The first kappa shape index (κ1) is 14.9. The first-order chi connectivity index (χ1) is 9.60. The van der Waals surface area contributed by atoms with Crippen molar-refractivity contribution in [2.45, 2.75) is 19.6 Å². The van der Waals surface area contributed by atoms with Crippen LogP contribution in [0.25, 0.3) is 0 Å². The molecule has 20 heavy (non-hydrogen) atoms. The van der Waals surface area contributed by atoms with Crippen LogP contribution in [0.15, 0.2) is 46.9 Å². The summed E-state index contributed by atoms with van der Waals surface area (Å²) in [4.78, 5) is 0. The second-order valence-corrected chi connectivity index (χ2v) is 5.46. The molecule has 1 atom stereocenters. The average Bonchev–Trinajstić information content (AvgIpc) is 2.45. The van der Waals surface area contributed by atoms with Crippen molar-refractivity contribution in [2.24, 2.45) is 5.73 Å². The third-order valence-electron chi connectivity index (χ3n) is 3.03. The van der Waals surface area contributed by atoms with Gasteiger partial charge >= 0.3 is 0 Å². The molecule has 0 spiro atoms. The van der Waals surface area contributed by atoms with Crippen LogP contribution in [0.2, 0.25) is 0 Å². The maximum absolute atomic E-state index is 5.87. The molecule has 0 saturated carbocycles. The van der Waals surface area contributed by atoms with E-state index in [0.29, 0.717) is 6.61 Å². The number of benzene rings is 2. The fraction of sp³-hybridized carbons (Fsp3) is 0.250. The first-order valence-electron chi connectivity index (χ1n) is 6.41. The number of halogens is 1. The molecule has 0 fully saturated rings. The number of nitrogens with two attached hydrogens (primary N) is 1. The van der Waals surface area contributed by atoms with Crippen LogP contribution < -0.4 is 15.2 Å². The Morgan fingerprint density at radius 1 is 1.10 bits per heavy atom. The summed E-state index contributed by atoms with van der Waals surface area (Å²) in [5, 5.41) is 0. The number of hydrogen-bond donors (Lipinski definition) is 1. The van der Waals surface area contributed by atoms with Gasteiger partial charge in [0.2, 0.25) is 0 Å². The fourth-order valence-corrected chi connectivity index (χ4v) is 2.57. The molecule has 1 unspecified atom stereocenters. The van der Waals surface area contributed by atoms with Gasteiger partial charge in [-0.25, -0.2) is 0 Å². The molecule has 0 aliphatic heterocycles. The molecule has 106 valence electrons. The van der Waals surface area contributed by atoms with Gasteiger partial charge in [-0.2, -0.15) is 0 Å². The second kappa shape index (κ2) is 6.77. The molecule has 0 aromatic heterocycles. The van der Waals surface area contributed by atoms with Crippen LogP contribution in [0.1, 0.15) is 24.1 Å². The lowest BCUT2D eigenvalue weighted by Gasteiger charge is -2.11. The molecule has 3 nitrogen and oxygen atoms in total. The predicted molar refractivity (Wildman–Crippen MR) is 84.1 cm³/mol. The molecule has 2 aromatic carbocycles. The minimum absolute atomic E-state index is 0.0000122. The normalized spacial score (nSPS) is 12.0. The highest BCUT2D eigenvalue weighted by Gasteiger charge is 2.06. The monoisotopic (exact) mass is 335 g/mol. The molecule has 0 radical (unpaired) electrons. The Labute approximate surface area is 127 Å². The average molecular weight is 336 g/mol. The lowest BCUT2D eigenvalue weighted by atomic mass is 10.1. The molecule has 2 rings (SSSR count). The van der Waals surface area contributed by atoms with E-state index in [4.69, 9.17) is 15.2 Å². The van der Waals surface area contributed by atoms with Gasteiger partial charge in [0.1, 0.15) is 18.1 Å². The summed E-state index contributed by atoms with van der Waals surface area (Å²) in [6.45, 7) is 2.48. The number of hydrogen-bond acceptors (Lipinski definition) is 3. The van der Waals surface area contributed by atoms with E-state index in [1.807, 2.05) is 49.4 Å². The van der Waals surface area contributed by atoms with Crippen molar-refractivity contribution >= 4 is 15.9 Å². The number of rotatable bonds is 5. The van der Waals surface area contributed by atoms with E-state index in [1.54, 1.807) is 7.11 Å². The van der Waals surface area contributed by atoms with Gasteiger partial charge < -0.3 is 15.2 Å². The first-order valence-corrected chi connectivity index (χ1v) is 7.20. The minimum atomic E-state index is 0.0000122. The van der Waals surface area contributed by atoms with Crippen molar-refractivity contribution in [3.05, 3.63) is 58.1 Å². The van der Waals surface area contributed by atoms with E-state index in [1.165, 1.54) is 0 Å². The maximum Gasteiger partial charge on any atom is 0.120 e. The Hall–Kier alpha value is -1.52. The quantitative estimate of drug-likeness (QED) is 0.896. The molecule has 2 aromatic rings. The minimum Gasteiger partial charge on any atom is -0.497 e. The van der Waals surface area contributed by atoms with E-state index in [9.17, 15) is 0 Å². The molecule has 0 amide bonds. The summed E-state index contributed by atoms with van der Waals surface area (Å²) >= 11 is 3.52. The smallest absolute Gasteiger partial charge is 0.120 e. The van der Waals surface area contributed by atoms with Gasteiger partial charge in [-0.3, -0.25) is 0 Å². The van der Waals surface area contributed by atoms with Gasteiger partial charge in [0.25, 0.3) is 0 Å². The summed E-state index contributed by atoms with van der Waals surface area (Å²) in [5.74, 6) is 1.66. The predicted octanol–water partition coefficient (Wildman–Crippen LogP) is 4.06. The van der Waals surface area contributed by atoms with Crippen LogP contribution in [0.3, 0.4) is 0 Å². The van der Waals surface area contributed by atoms with Gasteiger partial charge in [-0.05, 0) is 42.3 Å². The highest BCUT2D eigenvalue weighted by molar-refractivity contribution is 9.10. The highest BCUT2D eigenvalue weighted by atomic mass is 79.9. The van der Waals surface area contributed by atoms with E-state index < -0.39 is 0 Å². The lowest BCUT2D eigenvalue weighted by Crippen LogP contribution is -2.05. The Morgan fingerprint density at radius 3 is 2.30 bits per heavy atom. The van der Waals surface area contributed by atoms with Gasteiger partial charge in [-0.15, -0.1) is 0 Å². The summed E-state index contributed by atoms with van der Waals surface area (Å²) in [6, 6.07) is 13.7. The highest BCUT2D eigenvalue weighted by Crippen LogP contribution is 2.27. The summed E-state index contributed by atoms with van der Waals surface area (Å²) in [7, 11) is 1.66. The van der Waals surface area contributed by atoms with Crippen LogP contribution in [0.4, 0.5) is 0 Å². The Balaban J connectivity index is 2.01. The molecule has 0 bridgehead atoms. The van der Waals surface area contributed by atoms with Crippen molar-refractivity contribution in [3.8, 4) is 11.5 Å². The van der Waals surface area contributed by atoms with E-state index in [2.05, 4.69) is 15.9 Å². The van der Waals surface area contributed by atoms with E-state index >= 15 is 0 Å². The molecule has 0 aliphatic carbocycles. The third kappa shape index (κ3) is 3.74. The van der Waals surface area contributed by atoms with Crippen LogP contribution in [0.5, 0.6) is 11.5 Å². The van der Waals surface area contributed by atoms with Crippen molar-refractivity contribution in [3.63, 3.8) is 0 Å². The SMILES string of the molecule is COc1ccc(COc2ccc(C(C)N)c(Br)c2)cc1. The summed E-state index contributed by atoms with van der Waals surface area (Å²) < 4.78 is 11.9. The van der Waals surface area contributed by atoms with Crippen molar-refractivity contribution in [1.29, 1.82) is 0 Å². The molecular weight excluding hydrogens is 318 g/mol. The topological polar surface area (TPSA) is 44.5 Å². The molecular formula is C16H18BrNO2. The molecule has 0 saturated heterocycles. The van der Waals surface area contributed by atoms with Crippen LogP contribution in [-0.2, 0) is 6.61 Å². The third-order valence-corrected chi connectivity index (χ3v) is 3.71. The zero-order valence-corrected chi connectivity index (χ0v) is 13.2. The standard InChI is InChI=1S/C16H18BrNO2/c1-11(18)15-8-7-14(9-16(15)17)20-10-12-3-5-13(19-2)6-4-12/h3-9,11H,10,18H2,1-2H3. The second-order valence-electron chi connectivity index (χ2n) is 4.61. The maximum atomic E-state index is 5.87. The fourth-order valence-electron chi connectivity index (χ4n) is 1.86. The van der Waals surface area contributed by atoms with Crippen LogP contribution >= 0.6 is 15.9 Å². The molecule has 2 N–H and O–H groups in total. The van der Waals surface area contributed by atoms with Crippen molar-refractivity contribution < 1.29 is 9.47 Å². The molecule has 4 heteroatoms. The zero-order chi connectivity index (χ0) is 14.5. The van der Waals surface area contributed by atoms with Gasteiger partial charge in [0, 0.05) is 10.5 Å².